The Balaban J connectivity index is 1.26. The van der Waals surface area contributed by atoms with E-state index in [-0.39, 0.29) is 0 Å². The van der Waals surface area contributed by atoms with Gasteiger partial charge in [-0.25, -0.2) is 0 Å². The molecule has 11 rings (SSSR count). The van der Waals surface area contributed by atoms with Gasteiger partial charge in [0.2, 0.25) is 0 Å². The van der Waals surface area contributed by atoms with Crippen molar-refractivity contribution in [3.8, 4) is 33.4 Å². The normalized spacial score (nSPS) is 12.0. The van der Waals surface area contributed by atoms with Crippen molar-refractivity contribution in [2.45, 2.75) is 0 Å². The summed E-state index contributed by atoms with van der Waals surface area (Å²) < 4.78 is 0. The molecule has 0 unspecified atom stereocenters. The van der Waals surface area contributed by atoms with Gasteiger partial charge in [-0.2, -0.15) is 0 Å². The van der Waals surface area contributed by atoms with Crippen molar-refractivity contribution in [2.75, 3.05) is 0 Å². The predicted molar refractivity (Wildman–Crippen MR) is 216 cm³/mol. The second kappa shape index (κ2) is 10.5. The summed E-state index contributed by atoms with van der Waals surface area (Å²) in [7, 11) is 0. The summed E-state index contributed by atoms with van der Waals surface area (Å²) in [6.45, 7) is 0. The molecule has 230 valence electrons. The summed E-state index contributed by atoms with van der Waals surface area (Å²) >= 11 is 0. The number of fused-ring (bicyclic) bond motifs is 5. The Kier molecular flexibility index (Phi) is 5.76. The minimum absolute atomic E-state index is 1.22. The first-order valence-electron chi connectivity index (χ1n) is 17.4. The Labute approximate surface area is 289 Å². The van der Waals surface area contributed by atoms with Gasteiger partial charge in [0.05, 0.1) is 0 Å². The zero-order valence-corrected chi connectivity index (χ0v) is 27.3. The maximum Gasteiger partial charge on any atom is -0.00141 e. The van der Waals surface area contributed by atoms with E-state index in [9.17, 15) is 0 Å². The first-order valence-corrected chi connectivity index (χ1v) is 17.4. The highest BCUT2D eigenvalue weighted by Crippen LogP contribution is 2.49. The third-order valence-electron chi connectivity index (χ3n) is 10.9. The van der Waals surface area contributed by atoms with Gasteiger partial charge in [-0.1, -0.05) is 170 Å². The molecule has 50 heavy (non-hydrogen) atoms. The molecule has 0 amide bonds. The Bertz CT molecular complexity index is 3130. The zero-order chi connectivity index (χ0) is 32.8. The molecule has 0 fully saturated rings. The molecule has 11 aromatic rings. The van der Waals surface area contributed by atoms with Crippen LogP contribution >= 0.6 is 0 Å². The molecule has 0 radical (unpaired) electrons. The van der Waals surface area contributed by atoms with Gasteiger partial charge in [-0.3, -0.25) is 0 Å². The van der Waals surface area contributed by atoms with E-state index in [0.717, 1.165) is 0 Å². The van der Waals surface area contributed by atoms with Crippen molar-refractivity contribution in [1.82, 2.24) is 0 Å². The van der Waals surface area contributed by atoms with Gasteiger partial charge in [0.15, 0.2) is 0 Å². The molecule has 11 aromatic carbocycles. The minimum Gasteiger partial charge on any atom is -0.0616 e. The molecule has 0 heterocycles. The highest BCUT2D eigenvalue weighted by Gasteiger charge is 2.21. The van der Waals surface area contributed by atoms with Crippen LogP contribution in [0.4, 0.5) is 0 Å². The topological polar surface area (TPSA) is 0 Å². The van der Waals surface area contributed by atoms with E-state index in [1.807, 2.05) is 0 Å². The maximum absolute atomic E-state index is 2.39. The molecule has 0 saturated carbocycles. The lowest BCUT2D eigenvalue weighted by Crippen LogP contribution is -1.94. The number of hydrogen-bond acceptors (Lipinski definition) is 0. The fourth-order valence-electron chi connectivity index (χ4n) is 8.71. The van der Waals surface area contributed by atoms with Crippen molar-refractivity contribution in [1.29, 1.82) is 0 Å². The van der Waals surface area contributed by atoms with Gasteiger partial charge in [0, 0.05) is 0 Å². The lowest BCUT2D eigenvalue weighted by molar-refractivity contribution is 1.63. The first-order chi connectivity index (χ1) is 24.8. The first kappa shape index (κ1) is 27.5. The molecule has 0 spiro atoms. The molecule has 0 saturated heterocycles. The second-order valence-corrected chi connectivity index (χ2v) is 13.6. The zero-order valence-electron chi connectivity index (χ0n) is 27.3. The van der Waals surface area contributed by atoms with Crippen LogP contribution in [0.3, 0.4) is 0 Å². The van der Waals surface area contributed by atoms with Crippen LogP contribution in [0.1, 0.15) is 0 Å². The van der Waals surface area contributed by atoms with E-state index in [0.29, 0.717) is 0 Å². The summed E-state index contributed by atoms with van der Waals surface area (Å²) in [5, 5.41) is 18.1. The average molecular weight is 631 g/mol. The second-order valence-electron chi connectivity index (χ2n) is 13.6. The Morgan fingerprint density at radius 3 is 1.60 bits per heavy atom. The van der Waals surface area contributed by atoms with Crippen LogP contribution in [0.15, 0.2) is 182 Å². The van der Waals surface area contributed by atoms with Gasteiger partial charge in [-0.15, -0.1) is 0 Å². The number of hydrogen-bond donors (Lipinski definition) is 0. The Hall–Kier alpha value is -6.50. The van der Waals surface area contributed by atoms with Crippen molar-refractivity contribution in [3.63, 3.8) is 0 Å². The van der Waals surface area contributed by atoms with Gasteiger partial charge < -0.3 is 0 Å². The van der Waals surface area contributed by atoms with Crippen molar-refractivity contribution in [3.05, 3.63) is 182 Å². The molecule has 0 aliphatic carbocycles. The molecule has 0 aliphatic rings. The lowest BCUT2D eigenvalue weighted by atomic mass is 9.82. The Morgan fingerprint density at radius 2 is 0.760 bits per heavy atom. The van der Waals surface area contributed by atoms with Gasteiger partial charge >= 0.3 is 0 Å². The largest absolute Gasteiger partial charge is 0.0616 e. The lowest BCUT2D eigenvalue weighted by Gasteiger charge is -2.21. The van der Waals surface area contributed by atoms with Crippen molar-refractivity contribution in [2.24, 2.45) is 0 Å². The van der Waals surface area contributed by atoms with Crippen LogP contribution in [0, 0.1) is 0 Å². The number of benzene rings is 11. The van der Waals surface area contributed by atoms with Crippen LogP contribution in [-0.2, 0) is 0 Å². The van der Waals surface area contributed by atoms with Crippen LogP contribution < -0.4 is 0 Å². The van der Waals surface area contributed by atoms with Crippen molar-refractivity contribution >= 4 is 75.4 Å². The molecule has 0 atom stereocenters. The van der Waals surface area contributed by atoms with Gasteiger partial charge in [-0.05, 0) is 121 Å². The van der Waals surface area contributed by atoms with E-state index in [1.165, 1.54) is 109 Å². The van der Waals surface area contributed by atoms with E-state index in [2.05, 4.69) is 182 Å². The van der Waals surface area contributed by atoms with E-state index in [4.69, 9.17) is 0 Å². The van der Waals surface area contributed by atoms with Crippen LogP contribution in [0.25, 0.3) is 109 Å². The molecule has 0 aliphatic heterocycles. The fourth-order valence-corrected chi connectivity index (χ4v) is 8.71. The molecule has 0 heteroatoms. The summed E-state index contributed by atoms with van der Waals surface area (Å²) in [4.78, 5) is 0. The highest BCUT2D eigenvalue weighted by molar-refractivity contribution is 6.32. The molecule has 0 aromatic heterocycles. The molecular weight excluding hydrogens is 601 g/mol. The fraction of sp³-hybridized carbons (Fsp3) is 0. The van der Waals surface area contributed by atoms with Gasteiger partial charge in [0.25, 0.3) is 0 Å². The monoisotopic (exact) mass is 630 g/mol. The molecular formula is C50H30. The van der Waals surface area contributed by atoms with E-state index < -0.39 is 0 Å². The van der Waals surface area contributed by atoms with Crippen LogP contribution in [0.2, 0.25) is 0 Å². The SMILES string of the molecule is c1cc(-c2ccc3ccccc3c2)cc(-c2c3ccccc3c(-c3ccc4ccc5cccc6ccc3c4c56)c3ccc4ccccc4c23)c1. The summed E-state index contributed by atoms with van der Waals surface area (Å²) in [6, 6.07) is 67.7. The molecule has 0 nitrogen and oxygen atoms in total. The van der Waals surface area contributed by atoms with Crippen LogP contribution in [0.5, 0.6) is 0 Å². The maximum atomic E-state index is 2.39. The highest BCUT2D eigenvalue weighted by atomic mass is 14.2. The minimum atomic E-state index is 1.22. The third-order valence-corrected chi connectivity index (χ3v) is 10.9. The summed E-state index contributed by atoms with van der Waals surface area (Å²) in [5.41, 5.74) is 7.56. The molecule has 0 N–H and O–H groups in total. The van der Waals surface area contributed by atoms with Gasteiger partial charge in [0.1, 0.15) is 0 Å². The average Bonchev–Trinajstić information content (AvgIpc) is 3.19. The number of rotatable bonds is 3. The third kappa shape index (κ3) is 3.94. The predicted octanol–water partition coefficient (Wildman–Crippen LogP) is 14.2. The quantitative estimate of drug-likeness (QED) is 0.135. The molecule has 0 bridgehead atoms. The summed E-state index contributed by atoms with van der Waals surface area (Å²) in [5.74, 6) is 0. The van der Waals surface area contributed by atoms with Crippen LogP contribution in [-0.4, -0.2) is 0 Å². The van der Waals surface area contributed by atoms with Crippen molar-refractivity contribution < 1.29 is 0 Å². The standard InChI is InChI=1S/C50H30/c1-2-11-36-29-38(22-19-31(36)9-1)37-14-8-15-39(30-37)48-41-17-5-6-18-42(41)49(45-28-23-32-10-3-4-16-40(32)50(45)48)44-27-25-35-21-20-33-12-7-13-34-24-26-43(44)47(35)46(33)34/h1-30H. The van der Waals surface area contributed by atoms with E-state index in [1.54, 1.807) is 0 Å². The Morgan fingerprint density at radius 1 is 0.220 bits per heavy atom. The summed E-state index contributed by atoms with van der Waals surface area (Å²) in [6.07, 6.45) is 0. The smallest absolute Gasteiger partial charge is 0.00141 e. The van der Waals surface area contributed by atoms with E-state index >= 15 is 0 Å².